The summed E-state index contributed by atoms with van der Waals surface area (Å²) in [6, 6.07) is 6.40. The lowest BCUT2D eigenvalue weighted by atomic mass is 10.1. The van der Waals surface area contributed by atoms with E-state index in [2.05, 4.69) is 36.9 Å². The number of nitrogens with zero attached hydrogens (tertiary/aromatic N) is 3. The molecule has 1 aromatic rings. The van der Waals surface area contributed by atoms with Crippen LogP contribution >= 0.6 is 0 Å². The molecule has 2 unspecified atom stereocenters. The molecule has 26 heavy (non-hydrogen) atoms. The highest BCUT2D eigenvalue weighted by atomic mass is 16.2. The summed E-state index contributed by atoms with van der Waals surface area (Å²) in [4.78, 5) is 31.4. The van der Waals surface area contributed by atoms with E-state index in [1.165, 1.54) is 16.8 Å². The van der Waals surface area contributed by atoms with E-state index in [1.54, 1.807) is 0 Å². The summed E-state index contributed by atoms with van der Waals surface area (Å²) in [6.45, 7) is 12.9. The van der Waals surface area contributed by atoms with Crippen molar-refractivity contribution in [2.75, 3.05) is 44.2 Å². The molecule has 1 saturated heterocycles. The fraction of sp³-hybridized carbons (Fsp3) is 0.619. The molecule has 2 atom stereocenters. The molecule has 5 nitrogen and oxygen atoms in total. The Morgan fingerprint density at radius 2 is 1.69 bits per heavy atom. The summed E-state index contributed by atoms with van der Waals surface area (Å²) in [7, 11) is 0. The first-order valence-electron chi connectivity index (χ1n) is 9.86. The van der Waals surface area contributed by atoms with Crippen LogP contribution in [0.2, 0.25) is 0 Å². The highest BCUT2D eigenvalue weighted by Gasteiger charge is 2.50. The average molecular weight is 357 g/mol. The molecule has 0 spiro atoms. The van der Waals surface area contributed by atoms with Crippen LogP contribution in [0.25, 0.3) is 0 Å². The van der Waals surface area contributed by atoms with Gasteiger partial charge in [0.25, 0.3) is 0 Å². The van der Waals surface area contributed by atoms with E-state index >= 15 is 0 Å². The zero-order valence-electron chi connectivity index (χ0n) is 16.5. The Morgan fingerprint density at radius 1 is 1.04 bits per heavy atom. The molecule has 1 aliphatic carbocycles. The Balaban J connectivity index is 1.55. The summed E-state index contributed by atoms with van der Waals surface area (Å²) in [6.07, 6.45) is 0.728. The molecule has 1 heterocycles. The van der Waals surface area contributed by atoms with Crippen LogP contribution in [-0.4, -0.2) is 60.9 Å². The van der Waals surface area contributed by atoms with Crippen LogP contribution in [0.4, 0.5) is 5.69 Å². The molecule has 3 rings (SSSR count). The van der Waals surface area contributed by atoms with Gasteiger partial charge in [-0.05, 0) is 51.3 Å². The van der Waals surface area contributed by atoms with Crippen molar-refractivity contribution in [3.05, 3.63) is 29.3 Å². The molecular formula is C21H31N3O2. The highest BCUT2D eigenvalue weighted by Crippen LogP contribution is 2.41. The number of benzene rings is 1. The number of carbonyl (C=O) groups excluding carboxylic acids is 2. The van der Waals surface area contributed by atoms with Gasteiger partial charge in [0, 0.05) is 45.0 Å². The quantitative estimate of drug-likeness (QED) is 0.813. The minimum atomic E-state index is -0.0876. The smallest absolute Gasteiger partial charge is 0.226 e. The second-order valence-corrected chi connectivity index (χ2v) is 7.49. The van der Waals surface area contributed by atoms with Gasteiger partial charge < -0.3 is 14.7 Å². The van der Waals surface area contributed by atoms with E-state index in [-0.39, 0.29) is 23.7 Å². The van der Waals surface area contributed by atoms with Gasteiger partial charge in [0.2, 0.25) is 11.8 Å². The normalized spacial score (nSPS) is 22.3. The lowest BCUT2D eigenvalue weighted by Gasteiger charge is -2.37. The molecule has 2 aliphatic rings. The van der Waals surface area contributed by atoms with Gasteiger partial charge in [0.05, 0.1) is 11.8 Å². The van der Waals surface area contributed by atoms with Crippen LogP contribution < -0.4 is 4.90 Å². The third kappa shape index (κ3) is 3.57. The predicted octanol–water partition coefficient (Wildman–Crippen LogP) is 2.46. The molecular weight excluding hydrogens is 326 g/mol. The zero-order chi connectivity index (χ0) is 18.8. The molecule has 1 aliphatic heterocycles. The Hall–Kier alpha value is -2.04. The zero-order valence-corrected chi connectivity index (χ0v) is 16.5. The number of hydrogen-bond acceptors (Lipinski definition) is 3. The van der Waals surface area contributed by atoms with Crippen molar-refractivity contribution in [2.45, 2.75) is 34.1 Å². The second kappa shape index (κ2) is 7.68. The van der Waals surface area contributed by atoms with Crippen LogP contribution in [0.5, 0.6) is 0 Å². The second-order valence-electron chi connectivity index (χ2n) is 7.49. The summed E-state index contributed by atoms with van der Waals surface area (Å²) in [5, 5.41) is 0. The molecule has 2 amide bonds. The van der Waals surface area contributed by atoms with Gasteiger partial charge in [-0.3, -0.25) is 9.59 Å². The van der Waals surface area contributed by atoms with Crippen LogP contribution in [-0.2, 0) is 9.59 Å². The summed E-state index contributed by atoms with van der Waals surface area (Å²) in [5.74, 6) is 0.160. The fourth-order valence-corrected chi connectivity index (χ4v) is 3.99. The Kier molecular flexibility index (Phi) is 5.54. The molecule has 0 bridgehead atoms. The van der Waals surface area contributed by atoms with Gasteiger partial charge in [-0.15, -0.1) is 0 Å². The van der Waals surface area contributed by atoms with Crippen LogP contribution in [0.3, 0.4) is 0 Å². The maximum atomic E-state index is 12.8. The maximum absolute atomic E-state index is 12.8. The van der Waals surface area contributed by atoms with Gasteiger partial charge in [-0.1, -0.05) is 12.1 Å². The van der Waals surface area contributed by atoms with E-state index in [4.69, 9.17) is 0 Å². The van der Waals surface area contributed by atoms with E-state index < -0.39 is 0 Å². The predicted molar refractivity (Wildman–Crippen MR) is 104 cm³/mol. The number of carbonyl (C=O) groups is 2. The molecule has 142 valence electrons. The number of aryl methyl sites for hydroxylation is 1. The van der Waals surface area contributed by atoms with Gasteiger partial charge in [0.15, 0.2) is 0 Å². The minimum Gasteiger partial charge on any atom is -0.368 e. The largest absolute Gasteiger partial charge is 0.368 e. The number of amides is 2. The van der Waals surface area contributed by atoms with E-state index in [0.717, 1.165) is 45.7 Å². The van der Waals surface area contributed by atoms with E-state index in [1.807, 2.05) is 23.6 Å². The van der Waals surface area contributed by atoms with Crippen molar-refractivity contribution in [2.24, 2.45) is 11.8 Å². The molecule has 2 fully saturated rings. The number of rotatable bonds is 5. The van der Waals surface area contributed by atoms with Gasteiger partial charge in [0.1, 0.15) is 0 Å². The first-order valence-corrected chi connectivity index (χ1v) is 9.86. The van der Waals surface area contributed by atoms with Crippen LogP contribution in [0.1, 0.15) is 31.4 Å². The maximum Gasteiger partial charge on any atom is 0.226 e. The number of hydrogen-bond donors (Lipinski definition) is 0. The lowest BCUT2D eigenvalue weighted by molar-refractivity contribution is -0.138. The SMILES string of the molecule is CCN(CC)C(=O)C1CC1C(=O)N1CCN(c2cccc(C)c2C)CC1. The van der Waals surface area contributed by atoms with E-state index in [0.29, 0.717) is 0 Å². The van der Waals surface area contributed by atoms with Crippen molar-refractivity contribution >= 4 is 17.5 Å². The molecule has 1 aromatic carbocycles. The molecule has 0 radical (unpaired) electrons. The average Bonchev–Trinajstić information content (AvgIpc) is 3.45. The van der Waals surface area contributed by atoms with E-state index in [9.17, 15) is 9.59 Å². The Morgan fingerprint density at radius 3 is 2.31 bits per heavy atom. The van der Waals surface area contributed by atoms with Crippen LogP contribution in [0.15, 0.2) is 18.2 Å². The van der Waals surface area contributed by atoms with Crippen molar-refractivity contribution < 1.29 is 9.59 Å². The number of piperazine rings is 1. The molecule has 5 heteroatoms. The molecule has 1 saturated carbocycles. The van der Waals surface area contributed by atoms with Crippen LogP contribution in [0, 0.1) is 25.7 Å². The monoisotopic (exact) mass is 357 g/mol. The highest BCUT2D eigenvalue weighted by molar-refractivity contribution is 5.92. The Bertz CT molecular complexity index is 676. The standard InChI is InChI=1S/C21H31N3O2/c1-5-22(6-2)20(25)17-14-18(17)21(26)24-12-10-23(11-13-24)19-9-7-8-15(3)16(19)4/h7-9,17-18H,5-6,10-14H2,1-4H3. The lowest BCUT2D eigenvalue weighted by Crippen LogP contribution is -2.49. The Labute approximate surface area is 156 Å². The first-order chi connectivity index (χ1) is 12.5. The topological polar surface area (TPSA) is 43.9 Å². The summed E-state index contributed by atoms with van der Waals surface area (Å²) < 4.78 is 0. The first kappa shape index (κ1) is 18.7. The van der Waals surface area contributed by atoms with Crippen molar-refractivity contribution in [1.29, 1.82) is 0 Å². The van der Waals surface area contributed by atoms with Gasteiger partial charge in [-0.25, -0.2) is 0 Å². The summed E-state index contributed by atoms with van der Waals surface area (Å²) >= 11 is 0. The van der Waals surface area contributed by atoms with Gasteiger partial charge in [-0.2, -0.15) is 0 Å². The van der Waals surface area contributed by atoms with Crippen molar-refractivity contribution in [3.8, 4) is 0 Å². The van der Waals surface area contributed by atoms with Gasteiger partial charge >= 0.3 is 0 Å². The van der Waals surface area contributed by atoms with Crippen molar-refractivity contribution in [1.82, 2.24) is 9.80 Å². The summed E-state index contributed by atoms with van der Waals surface area (Å²) in [5.41, 5.74) is 3.90. The number of anilines is 1. The minimum absolute atomic E-state index is 0.0838. The fourth-order valence-electron chi connectivity index (χ4n) is 3.99. The van der Waals surface area contributed by atoms with Crippen molar-refractivity contribution in [3.63, 3.8) is 0 Å². The third-order valence-corrected chi connectivity index (χ3v) is 6.01. The molecule has 0 aromatic heterocycles. The molecule has 0 N–H and O–H groups in total. The third-order valence-electron chi connectivity index (χ3n) is 6.01.